The van der Waals surface area contributed by atoms with Crippen LogP contribution in [-0.2, 0) is 10.2 Å². The molecule has 6 heteroatoms. The minimum absolute atomic E-state index is 0.0428. The summed E-state index contributed by atoms with van der Waals surface area (Å²) in [5.74, 6) is 2.57. The van der Waals surface area contributed by atoms with Crippen molar-refractivity contribution in [2.75, 3.05) is 0 Å². The van der Waals surface area contributed by atoms with Crippen molar-refractivity contribution in [3.05, 3.63) is 41.5 Å². The number of amides is 1. The van der Waals surface area contributed by atoms with Crippen LogP contribution in [0.3, 0.4) is 0 Å². The third-order valence-electron chi connectivity index (χ3n) is 5.79. The van der Waals surface area contributed by atoms with Gasteiger partial charge in [-0.3, -0.25) is 4.79 Å². The highest BCUT2D eigenvalue weighted by molar-refractivity contribution is 5.88. The maximum absolute atomic E-state index is 13.3. The molecule has 1 aromatic heterocycles. The second-order valence-electron chi connectivity index (χ2n) is 8.44. The summed E-state index contributed by atoms with van der Waals surface area (Å²) in [6.07, 6.45) is 6.20. The number of rotatable bonds is 7. The molecule has 1 N–H and O–H groups in total. The van der Waals surface area contributed by atoms with Gasteiger partial charge in [0.2, 0.25) is 11.8 Å². The number of nitrogens with zero attached hydrogens (tertiary/aromatic N) is 2. The van der Waals surface area contributed by atoms with Gasteiger partial charge in [0, 0.05) is 5.92 Å². The minimum atomic E-state index is -0.496. The first kappa shape index (κ1) is 19.0. The van der Waals surface area contributed by atoms with Crippen LogP contribution in [0.25, 0.3) is 0 Å². The molecule has 2 aliphatic rings. The molecular weight excluding hydrogens is 354 g/mol. The molecule has 2 aliphatic carbocycles. The van der Waals surface area contributed by atoms with Crippen LogP contribution in [0.4, 0.5) is 0 Å². The summed E-state index contributed by atoms with van der Waals surface area (Å²) in [6.45, 7) is 5.92. The highest BCUT2D eigenvalue weighted by atomic mass is 16.5. The van der Waals surface area contributed by atoms with Crippen LogP contribution in [0, 0.1) is 0 Å². The highest BCUT2D eigenvalue weighted by Gasteiger charge is 2.43. The summed E-state index contributed by atoms with van der Waals surface area (Å²) < 4.78 is 11.1. The maximum Gasteiger partial charge on any atom is 0.248 e. The summed E-state index contributed by atoms with van der Waals surface area (Å²) in [4.78, 5) is 17.8. The summed E-state index contributed by atoms with van der Waals surface area (Å²) >= 11 is 0. The zero-order chi connectivity index (χ0) is 19.7. The molecule has 150 valence electrons. The Morgan fingerprint density at radius 3 is 2.46 bits per heavy atom. The van der Waals surface area contributed by atoms with Crippen molar-refractivity contribution in [2.24, 2.45) is 0 Å². The van der Waals surface area contributed by atoms with Crippen molar-refractivity contribution >= 4 is 5.91 Å². The summed E-state index contributed by atoms with van der Waals surface area (Å²) in [7, 11) is 0. The third-order valence-corrected chi connectivity index (χ3v) is 5.79. The number of aromatic nitrogens is 2. The number of carbonyl (C=O) groups is 1. The SMILES string of the molecule is CC(C)Oc1ccc(C2(C(=O)NC(C)c3nc(C4CC4)no3)CCCC2)cc1. The summed E-state index contributed by atoms with van der Waals surface area (Å²) in [5, 5.41) is 7.19. The number of nitrogens with one attached hydrogen (secondary N) is 1. The van der Waals surface area contributed by atoms with Gasteiger partial charge >= 0.3 is 0 Å². The Morgan fingerprint density at radius 1 is 1.18 bits per heavy atom. The van der Waals surface area contributed by atoms with E-state index < -0.39 is 5.41 Å². The van der Waals surface area contributed by atoms with Crippen LogP contribution in [-0.4, -0.2) is 22.2 Å². The Bertz CT molecular complexity index is 818. The fourth-order valence-corrected chi connectivity index (χ4v) is 4.08. The smallest absolute Gasteiger partial charge is 0.248 e. The zero-order valence-electron chi connectivity index (χ0n) is 16.9. The average molecular weight is 383 g/mol. The first-order valence-corrected chi connectivity index (χ1v) is 10.4. The van der Waals surface area contributed by atoms with Gasteiger partial charge < -0.3 is 14.6 Å². The lowest BCUT2D eigenvalue weighted by atomic mass is 9.77. The minimum Gasteiger partial charge on any atom is -0.491 e. The van der Waals surface area contributed by atoms with E-state index in [1.165, 1.54) is 0 Å². The predicted octanol–water partition coefficient (Wildman–Crippen LogP) is 4.42. The van der Waals surface area contributed by atoms with Gasteiger partial charge in [0.05, 0.1) is 11.5 Å². The number of hydrogen-bond acceptors (Lipinski definition) is 5. The number of benzene rings is 1. The molecule has 2 saturated carbocycles. The number of hydrogen-bond donors (Lipinski definition) is 1. The largest absolute Gasteiger partial charge is 0.491 e. The second-order valence-corrected chi connectivity index (χ2v) is 8.44. The van der Waals surface area contributed by atoms with E-state index in [0.717, 1.165) is 55.7 Å². The monoisotopic (exact) mass is 383 g/mol. The Balaban J connectivity index is 1.50. The van der Waals surface area contributed by atoms with E-state index in [4.69, 9.17) is 9.26 Å². The maximum atomic E-state index is 13.3. The summed E-state index contributed by atoms with van der Waals surface area (Å²) in [5.41, 5.74) is 0.555. The molecule has 4 rings (SSSR count). The van der Waals surface area contributed by atoms with Gasteiger partial charge in [-0.05, 0) is 64.2 Å². The molecule has 0 aliphatic heterocycles. The van der Waals surface area contributed by atoms with Crippen molar-refractivity contribution in [1.82, 2.24) is 15.5 Å². The second kappa shape index (κ2) is 7.57. The number of ether oxygens (including phenoxy) is 1. The van der Waals surface area contributed by atoms with Crippen LogP contribution < -0.4 is 10.1 Å². The van der Waals surface area contributed by atoms with Gasteiger partial charge in [0.25, 0.3) is 0 Å². The van der Waals surface area contributed by atoms with Crippen molar-refractivity contribution in [2.45, 2.75) is 82.8 Å². The molecule has 0 saturated heterocycles. The van der Waals surface area contributed by atoms with Crippen molar-refractivity contribution in [1.29, 1.82) is 0 Å². The molecule has 2 fully saturated rings. The molecule has 1 unspecified atom stereocenters. The van der Waals surface area contributed by atoms with Gasteiger partial charge in [-0.2, -0.15) is 4.98 Å². The normalized spacial score (nSPS) is 19.6. The van der Waals surface area contributed by atoms with Gasteiger partial charge in [0.15, 0.2) is 5.82 Å². The van der Waals surface area contributed by atoms with Crippen LogP contribution in [0.2, 0.25) is 0 Å². The molecule has 1 heterocycles. The van der Waals surface area contributed by atoms with E-state index >= 15 is 0 Å². The fourth-order valence-electron chi connectivity index (χ4n) is 4.08. The van der Waals surface area contributed by atoms with Gasteiger partial charge in [-0.25, -0.2) is 0 Å². The third kappa shape index (κ3) is 3.77. The molecule has 0 radical (unpaired) electrons. The molecule has 1 atom stereocenters. The molecule has 0 spiro atoms. The zero-order valence-corrected chi connectivity index (χ0v) is 16.9. The highest BCUT2D eigenvalue weighted by Crippen LogP contribution is 2.42. The quantitative estimate of drug-likeness (QED) is 0.766. The molecule has 1 aromatic carbocycles. The fraction of sp³-hybridized carbons (Fsp3) is 0.591. The first-order chi connectivity index (χ1) is 13.5. The van der Waals surface area contributed by atoms with E-state index in [9.17, 15) is 4.79 Å². The predicted molar refractivity (Wildman–Crippen MR) is 105 cm³/mol. The van der Waals surface area contributed by atoms with E-state index in [1.807, 2.05) is 45.0 Å². The van der Waals surface area contributed by atoms with Crippen LogP contribution in [0.5, 0.6) is 5.75 Å². The van der Waals surface area contributed by atoms with E-state index in [0.29, 0.717) is 11.8 Å². The van der Waals surface area contributed by atoms with Crippen LogP contribution in [0.15, 0.2) is 28.8 Å². The van der Waals surface area contributed by atoms with Crippen molar-refractivity contribution in [3.8, 4) is 5.75 Å². The van der Waals surface area contributed by atoms with Crippen LogP contribution >= 0.6 is 0 Å². The van der Waals surface area contributed by atoms with Gasteiger partial charge in [-0.1, -0.05) is 30.1 Å². The topological polar surface area (TPSA) is 77.2 Å². The average Bonchev–Trinajstić information content (AvgIpc) is 3.19. The van der Waals surface area contributed by atoms with Crippen molar-refractivity contribution < 1.29 is 14.1 Å². The number of carbonyl (C=O) groups excluding carboxylic acids is 1. The van der Waals surface area contributed by atoms with E-state index in [-0.39, 0.29) is 18.1 Å². The Hall–Kier alpha value is -2.37. The van der Waals surface area contributed by atoms with Gasteiger partial charge in [-0.15, -0.1) is 0 Å². The Morgan fingerprint density at radius 2 is 1.86 bits per heavy atom. The molecule has 28 heavy (non-hydrogen) atoms. The van der Waals surface area contributed by atoms with Crippen LogP contribution in [0.1, 0.15) is 88.5 Å². The standard InChI is InChI=1S/C22H29N3O3/c1-14(2)27-18-10-8-17(9-11-18)22(12-4-5-13-22)21(26)23-15(3)20-24-19(25-28-20)16-6-7-16/h8-11,14-16H,4-7,12-13H2,1-3H3,(H,23,26). The lowest BCUT2D eigenvalue weighted by Crippen LogP contribution is -2.43. The molecular formula is C22H29N3O3. The molecule has 0 bridgehead atoms. The van der Waals surface area contributed by atoms with E-state index in [1.54, 1.807) is 0 Å². The Kier molecular flexibility index (Phi) is 5.13. The molecule has 6 nitrogen and oxygen atoms in total. The molecule has 2 aromatic rings. The summed E-state index contributed by atoms with van der Waals surface area (Å²) in [6, 6.07) is 7.70. The first-order valence-electron chi connectivity index (χ1n) is 10.4. The van der Waals surface area contributed by atoms with Crippen molar-refractivity contribution in [3.63, 3.8) is 0 Å². The van der Waals surface area contributed by atoms with E-state index in [2.05, 4.69) is 15.5 Å². The lowest BCUT2D eigenvalue weighted by Gasteiger charge is -2.29. The Labute approximate surface area is 166 Å². The lowest BCUT2D eigenvalue weighted by molar-refractivity contribution is -0.127. The molecule has 1 amide bonds. The van der Waals surface area contributed by atoms with Gasteiger partial charge in [0.1, 0.15) is 11.8 Å².